The Labute approximate surface area is 119 Å². The monoisotopic (exact) mass is 288 g/mol. The van der Waals surface area contributed by atoms with Crippen molar-refractivity contribution in [2.45, 2.75) is 0 Å². The molecule has 0 saturated carbocycles. The number of rotatable bonds is 2. The third-order valence-electron chi connectivity index (χ3n) is 3.25. The Bertz CT molecular complexity index is 719. The molecule has 8 heteroatoms. The standard InChI is InChI=1S/C13H12N4O4/c14-9-7-11-12(8-10(9)17(19)20)21-6-5-15(11)13-3-1-2-4-16(13)18/h1-4,7-8H,5-6,14H2. The van der Waals surface area contributed by atoms with Crippen LogP contribution in [0.1, 0.15) is 0 Å². The molecule has 2 N–H and O–H groups in total. The predicted molar refractivity (Wildman–Crippen MR) is 75.4 cm³/mol. The van der Waals surface area contributed by atoms with Crippen molar-refractivity contribution >= 4 is 22.9 Å². The molecule has 0 aliphatic carbocycles. The molecule has 1 aliphatic rings. The Morgan fingerprint density at radius 1 is 1.38 bits per heavy atom. The number of nitro benzene ring substituents is 1. The van der Waals surface area contributed by atoms with Crippen molar-refractivity contribution in [3.05, 3.63) is 51.9 Å². The molecule has 8 nitrogen and oxygen atoms in total. The highest BCUT2D eigenvalue weighted by Crippen LogP contribution is 2.40. The summed E-state index contributed by atoms with van der Waals surface area (Å²) >= 11 is 0. The summed E-state index contributed by atoms with van der Waals surface area (Å²) < 4.78 is 6.18. The van der Waals surface area contributed by atoms with E-state index in [1.807, 2.05) is 0 Å². The van der Waals surface area contributed by atoms with Gasteiger partial charge in [-0.15, -0.1) is 0 Å². The predicted octanol–water partition coefficient (Wildman–Crippen LogP) is 1.34. The lowest BCUT2D eigenvalue weighted by Gasteiger charge is -2.26. The Hall–Kier alpha value is -3.03. The number of ether oxygens (including phenoxy) is 1. The topological polar surface area (TPSA) is 109 Å². The van der Waals surface area contributed by atoms with Crippen LogP contribution in [-0.2, 0) is 0 Å². The lowest BCUT2D eigenvalue weighted by Crippen LogP contribution is -2.39. The Kier molecular flexibility index (Phi) is 2.98. The van der Waals surface area contributed by atoms with E-state index in [9.17, 15) is 15.3 Å². The third-order valence-corrected chi connectivity index (χ3v) is 3.25. The molecule has 1 aromatic heterocycles. The van der Waals surface area contributed by atoms with Gasteiger partial charge in [0.05, 0.1) is 17.2 Å². The van der Waals surface area contributed by atoms with Gasteiger partial charge in [-0.1, -0.05) is 6.07 Å². The summed E-state index contributed by atoms with van der Waals surface area (Å²) in [6.07, 6.45) is 1.39. The molecule has 1 aliphatic heterocycles. The van der Waals surface area contributed by atoms with Gasteiger partial charge >= 0.3 is 0 Å². The molecule has 108 valence electrons. The average Bonchev–Trinajstić information content (AvgIpc) is 2.46. The van der Waals surface area contributed by atoms with Gasteiger partial charge < -0.3 is 15.7 Å². The maximum atomic E-state index is 11.9. The fourth-order valence-corrected chi connectivity index (χ4v) is 2.29. The second kappa shape index (κ2) is 4.82. The van der Waals surface area contributed by atoms with Crippen LogP contribution in [0.3, 0.4) is 0 Å². The number of aromatic nitrogens is 1. The number of pyridine rings is 1. The van der Waals surface area contributed by atoms with E-state index >= 15 is 0 Å². The number of nitrogens with zero attached hydrogens (tertiary/aromatic N) is 3. The highest BCUT2D eigenvalue weighted by atomic mass is 16.6. The number of hydrogen-bond donors (Lipinski definition) is 1. The zero-order valence-corrected chi connectivity index (χ0v) is 10.9. The molecular formula is C13H12N4O4. The van der Waals surface area contributed by atoms with E-state index in [1.165, 1.54) is 18.3 Å². The van der Waals surface area contributed by atoms with Crippen LogP contribution in [0.15, 0.2) is 36.5 Å². The summed E-state index contributed by atoms with van der Waals surface area (Å²) in [6.45, 7) is 0.777. The molecule has 2 heterocycles. The molecule has 0 unspecified atom stereocenters. The van der Waals surface area contributed by atoms with Crippen LogP contribution >= 0.6 is 0 Å². The molecule has 0 atom stereocenters. The zero-order chi connectivity index (χ0) is 15.0. The van der Waals surface area contributed by atoms with Crippen LogP contribution in [0, 0.1) is 15.3 Å². The molecule has 0 bridgehead atoms. The highest BCUT2D eigenvalue weighted by molar-refractivity contribution is 5.77. The first-order valence-corrected chi connectivity index (χ1v) is 6.24. The van der Waals surface area contributed by atoms with E-state index in [-0.39, 0.29) is 11.4 Å². The first kappa shape index (κ1) is 13.0. The fourth-order valence-electron chi connectivity index (χ4n) is 2.29. The SMILES string of the molecule is Nc1cc2c(cc1[N+](=O)[O-])OCCN2c1cccc[n+]1[O-]. The van der Waals surface area contributed by atoms with Gasteiger partial charge in [0.25, 0.3) is 11.5 Å². The summed E-state index contributed by atoms with van der Waals surface area (Å²) in [6, 6.07) is 7.78. The Morgan fingerprint density at radius 3 is 2.90 bits per heavy atom. The fraction of sp³-hybridized carbons (Fsp3) is 0.154. The number of anilines is 3. The van der Waals surface area contributed by atoms with Gasteiger partial charge in [-0.05, 0) is 6.07 Å². The van der Waals surface area contributed by atoms with Crippen LogP contribution in [0.4, 0.5) is 22.9 Å². The molecule has 3 rings (SSSR count). The first-order valence-electron chi connectivity index (χ1n) is 6.24. The summed E-state index contributed by atoms with van der Waals surface area (Å²) in [5.41, 5.74) is 6.08. The summed E-state index contributed by atoms with van der Waals surface area (Å²) in [4.78, 5) is 12.1. The van der Waals surface area contributed by atoms with Crippen molar-refractivity contribution in [3.63, 3.8) is 0 Å². The minimum Gasteiger partial charge on any atom is -0.711 e. The van der Waals surface area contributed by atoms with Gasteiger partial charge in [0.2, 0.25) is 0 Å². The van der Waals surface area contributed by atoms with Crippen molar-refractivity contribution in [1.82, 2.24) is 0 Å². The largest absolute Gasteiger partial charge is 0.711 e. The number of benzene rings is 1. The molecular weight excluding hydrogens is 276 g/mol. The summed E-state index contributed by atoms with van der Waals surface area (Å²) in [5.74, 6) is 0.751. The first-order chi connectivity index (χ1) is 10.1. The molecule has 0 saturated heterocycles. The van der Waals surface area contributed by atoms with Gasteiger partial charge in [0.15, 0.2) is 11.4 Å². The molecule has 0 amide bonds. The van der Waals surface area contributed by atoms with E-state index in [2.05, 4.69) is 0 Å². The molecule has 0 fully saturated rings. The number of fused-ring (bicyclic) bond motifs is 1. The minimum absolute atomic E-state index is 0.0302. The van der Waals surface area contributed by atoms with E-state index in [4.69, 9.17) is 10.5 Å². The van der Waals surface area contributed by atoms with Crippen molar-refractivity contribution in [1.29, 1.82) is 0 Å². The van der Waals surface area contributed by atoms with Crippen molar-refractivity contribution < 1.29 is 14.4 Å². The third kappa shape index (κ3) is 2.16. The second-order valence-corrected chi connectivity index (χ2v) is 4.52. The van der Waals surface area contributed by atoms with Gasteiger partial charge in [0.1, 0.15) is 18.8 Å². The highest BCUT2D eigenvalue weighted by Gasteiger charge is 2.30. The van der Waals surface area contributed by atoms with Gasteiger partial charge in [0, 0.05) is 12.1 Å². The van der Waals surface area contributed by atoms with Crippen LogP contribution in [0.25, 0.3) is 0 Å². The lowest BCUT2D eigenvalue weighted by molar-refractivity contribution is -0.591. The van der Waals surface area contributed by atoms with Crippen LogP contribution in [0.5, 0.6) is 5.75 Å². The average molecular weight is 288 g/mol. The van der Waals surface area contributed by atoms with Crippen LogP contribution in [0.2, 0.25) is 0 Å². The van der Waals surface area contributed by atoms with E-state index in [1.54, 1.807) is 23.1 Å². The Morgan fingerprint density at radius 2 is 2.19 bits per heavy atom. The maximum absolute atomic E-state index is 11.9. The summed E-state index contributed by atoms with van der Waals surface area (Å²) in [5, 5.41) is 22.8. The van der Waals surface area contributed by atoms with E-state index in [0.717, 1.165) is 4.73 Å². The number of nitro groups is 1. The number of nitrogens with two attached hydrogens (primary N) is 1. The van der Waals surface area contributed by atoms with Gasteiger partial charge in [-0.3, -0.25) is 10.1 Å². The van der Waals surface area contributed by atoms with Crippen molar-refractivity contribution in [2.24, 2.45) is 0 Å². The second-order valence-electron chi connectivity index (χ2n) is 4.52. The summed E-state index contributed by atoms with van der Waals surface area (Å²) in [7, 11) is 0. The van der Waals surface area contributed by atoms with Crippen LogP contribution in [-0.4, -0.2) is 18.1 Å². The maximum Gasteiger partial charge on any atom is 0.296 e. The van der Waals surface area contributed by atoms with E-state index < -0.39 is 4.92 Å². The quantitative estimate of drug-likeness (QED) is 0.294. The molecule has 21 heavy (non-hydrogen) atoms. The number of nitrogen functional groups attached to an aromatic ring is 1. The normalized spacial score (nSPS) is 13.4. The minimum atomic E-state index is -0.561. The lowest BCUT2D eigenvalue weighted by atomic mass is 10.2. The smallest absolute Gasteiger partial charge is 0.296 e. The Balaban J connectivity index is 2.13. The molecule has 0 radical (unpaired) electrons. The van der Waals surface area contributed by atoms with Crippen molar-refractivity contribution in [3.8, 4) is 5.75 Å². The van der Waals surface area contributed by atoms with E-state index in [0.29, 0.717) is 30.4 Å². The van der Waals surface area contributed by atoms with Gasteiger partial charge in [-0.25, -0.2) is 9.63 Å². The zero-order valence-electron chi connectivity index (χ0n) is 10.9. The molecule has 0 spiro atoms. The van der Waals surface area contributed by atoms with Crippen LogP contribution < -0.4 is 20.1 Å². The van der Waals surface area contributed by atoms with Crippen molar-refractivity contribution in [2.75, 3.05) is 23.8 Å². The number of hydrogen-bond acceptors (Lipinski definition) is 6. The van der Waals surface area contributed by atoms with Gasteiger partial charge in [-0.2, -0.15) is 0 Å². The molecule has 2 aromatic rings. The molecule has 1 aromatic carbocycles.